The van der Waals surface area contributed by atoms with Gasteiger partial charge in [0.05, 0.1) is 4.90 Å². The summed E-state index contributed by atoms with van der Waals surface area (Å²) in [7, 11) is -4.19. The summed E-state index contributed by atoms with van der Waals surface area (Å²) in [6.45, 7) is 2.26. The Kier molecular flexibility index (Phi) is 11.0. The van der Waals surface area contributed by atoms with Gasteiger partial charge in [0, 0.05) is 0 Å². The van der Waals surface area contributed by atoms with Crippen LogP contribution in [0, 0.1) is 0 Å². The minimum absolute atomic E-state index is 0.135. The van der Waals surface area contributed by atoms with Crippen LogP contribution in [0.4, 0.5) is 0 Å². The van der Waals surface area contributed by atoms with E-state index in [2.05, 4.69) is 13.0 Å². The molecular formula is C25H36O4S. The predicted molar refractivity (Wildman–Crippen MR) is 123 cm³/mol. The average Bonchev–Trinajstić information content (AvgIpc) is 2.73. The number of rotatable bonds is 15. The molecule has 0 heterocycles. The summed E-state index contributed by atoms with van der Waals surface area (Å²) < 4.78 is 37.3. The molecule has 5 heteroatoms. The molecule has 0 radical (unpaired) electrons. The highest BCUT2D eigenvalue weighted by Gasteiger charge is 2.10. The highest BCUT2D eigenvalue weighted by atomic mass is 32.2. The van der Waals surface area contributed by atoms with Crippen molar-refractivity contribution in [1.82, 2.24) is 0 Å². The van der Waals surface area contributed by atoms with Crippen LogP contribution in [0.2, 0.25) is 0 Å². The zero-order chi connectivity index (χ0) is 21.7. The van der Waals surface area contributed by atoms with E-state index in [1.165, 1.54) is 76.3 Å². The molecule has 0 aliphatic carbocycles. The van der Waals surface area contributed by atoms with Crippen LogP contribution in [0.1, 0.15) is 83.1 Å². The Bertz CT molecular complexity index is 828. The Labute approximate surface area is 182 Å². The van der Waals surface area contributed by atoms with Crippen molar-refractivity contribution >= 4 is 10.1 Å². The zero-order valence-electron chi connectivity index (χ0n) is 18.2. The van der Waals surface area contributed by atoms with Gasteiger partial charge in [0.25, 0.3) is 10.1 Å². The van der Waals surface area contributed by atoms with Gasteiger partial charge in [-0.15, -0.1) is 0 Å². The molecule has 0 aliphatic rings. The van der Waals surface area contributed by atoms with Crippen LogP contribution >= 0.6 is 0 Å². The third kappa shape index (κ3) is 9.31. The van der Waals surface area contributed by atoms with Gasteiger partial charge in [0.1, 0.15) is 11.5 Å². The summed E-state index contributed by atoms with van der Waals surface area (Å²) in [5.74, 6) is 1.35. The van der Waals surface area contributed by atoms with E-state index in [0.717, 1.165) is 24.2 Å². The Balaban J connectivity index is 1.70. The van der Waals surface area contributed by atoms with E-state index in [4.69, 9.17) is 9.29 Å². The Hall–Kier alpha value is -1.85. The number of para-hydroxylation sites is 1. The molecule has 0 aliphatic heterocycles. The third-order valence-electron chi connectivity index (χ3n) is 5.37. The third-order valence-corrected chi connectivity index (χ3v) is 6.24. The summed E-state index contributed by atoms with van der Waals surface area (Å²) in [5.41, 5.74) is 1.16. The largest absolute Gasteiger partial charge is 0.457 e. The van der Waals surface area contributed by atoms with Gasteiger partial charge in [-0.25, -0.2) is 0 Å². The first kappa shape index (κ1) is 24.4. The maximum absolute atomic E-state index is 11.2. The SMILES string of the molecule is CCCCCCCCCCCCCc1ccccc1Oc1ccc(S(=O)(=O)O)cc1. The molecule has 2 aromatic carbocycles. The van der Waals surface area contributed by atoms with E-state index in [-0.39, 0.29) is 4.90 Å². The number of benzene rings is 2. The second-order valence-corrected chi connectivity index (χ2v) is 9.36. The van der Waals surface area contributed by atoms with E-state index < -0.39 is 10.1 Å². The van der Waals surface area contributed by atoms with E-state index in [1.807, 2.05) is 18.2 Å². The minimum Gasteiger partial charge on any atom is -0.457 e. The highest BCUT2D eigenvalue weighted by Crippen LogP contribution is 2.27. The first-order valence-electron chi connectivity index (χ1n) is 11.3. The van der Waals surface area contributed by atoms with Crippen molar-refractivity contribution in [3.63, 3.8) is 0 Å². The molecule has 4 nitrogen and oxygen atoms in total. The smallest absolute Gasteiger partial charge is 0.294 e. The fourth-order valence-electron chi connectivity index (χ4n) is 3.60. The van der Waals surface area contributed by atoms with Crippen molar-refractivity contribution in [1.29, 1.82) is 0 Å². The lowest BCUT2D eigenvalue weighted by molar-refractivity contribution is 0.471. The van der Waals surface area contributed by atoms with Crippen LogP contribution in [0.5, 0.6) is 11.5 Å². The number of unbranched alkanes of at least 4 members (excludes halogenated alkanes) is 10. The van der Waals surface area contributed by atoms with Gasteiger partial charge in [0.2, 0.25) is 0 Å². The van der Waals surface area contributed by atoms with Crippen LogP contribution < -0.4 is 4.74 Å². The molecule has 1 N–H and O–H groups in total. The van der Waals surface area contributed by atoms with Gasteiger partial charge in [-0.2, -0.15) is 8.42 Å². The molecule has 0 saturated carbocycles. The van der Waals surface area contributed by atoms with E-state index in [9.17, 15) is 8.42 Å². The molecular weight excluding hydrogens is 396 g/mol. The van der Waals surface area contributed by atoms with Gasteiger partial charge < -0.3 is 4.74 Å². The van der Waals surface area contributed by atoms with Crippen LogP contribution in [-0.4, -0.2) is 13.0 Å². The molecule has 2 rings (SSSR count). The fourth-order valence-corrected chi connectivity index (χ4v) is 4.08. The van der Waals surface area contributed by atoms with Crippen LogP contribution in [0.25, 0.3) is 0 Å². The molecule has 2 aromatic rings. The number of hydrogen-bond donors (Lipinski definition) is 1. The van der Waals surface area contributed by atoms with Crippen molar-refractivity contribution in [2.75, 3.05) is 0 Å². The highest BCUT2D eigenvalue weighted by molar-refractivity contribution is 7.85. The van der Waals surface area contributed by atoms with Crippen LogP contribution in [0.3, 0.4) is 0 Å². The molecule has 0 spiro atoms. The maximum atomic E-state index is 11.2. The first-order valence-corrected chi connectivity index (χ1v) is 12.8. The van der Waals surface area contributed by atoms with Gasteiger partial charge in [-0.05, 0) is 48.7 Å². The maximum Gasteiger partial charge on any atom is 0.294 e. The fraction of sp³-hybridized carbons (Fsp3) is 0.520. The van der Waals surface area contributed by atoms with E-state index >= 15 is 0 Å². The molecule has 0 unspecified atom stereocenters. The normalized spacial score (nSPS) is 11.5. The Morgan fingerprint density at radius 1 is 0.733 bits per heavy atom. The van der Waals surface area contributed by atoms with Crippen molar-refractivity contribution in [3.05, 3.63) is 54.1 Å². The minimum atomic E-state index is -4.19. The molecule has 0 aromatic heterocycles. The number of ether oxygens (including phenoxy) is 1. The van der Waals surface area contributed by atoms with Crippen LogP contribution in [0.15, 0.2) is 53.4 Å². The van der Waals surface area contributed by atoms with Crippen molar-refractivity contribution < 1.29 is 17.7 Å². The van der Waals surface area contributed by atoms with E-state index in [0.29, 0.717) is 5.75 Å². The van der Waals surface area contributed by atoms with E-state index in [1.54, 1.807) is 12.1 Å². The van der Waals surface area contributed by atoms with Crippen molar-refractivity contribution in [2.45, 2.75) is 88.9 Å². The second kappa shape index (κ2) is 13.5. The first-order chi connectivity index (χ1) is 14.5. The van der Waals surface area contributed by atoms with Gasteiger partial charge in [-0.3, -0.25) is 4.55 Å². The Morgan fingerprint density at radius 3 is 1.83 bits per heavy atom. The zero-order valence-corrected chi connectivity index (χ0v) is 19.0. The molecule has 0 saturated heterocycles. The lowest BCUT2D eigenvalue weighted by atomic mass is 10.0. The molecule has 166 valence electrons. The summed E-state index contributed by atoms with van der Waals surface area (Å²) in [6, 6.07) is 13.8. The topological polar surface area (TPSA) is 63.6 Å². The van der Waals surface area contributed by atoms with Crippen molar-refractivity contribution in [3.8, 4) is 11.5 Å². The molecule has 0 fully saturated rings. The standard InChI is InChI=1S/C25H36O4S/c1-2-3-4-5-6-7-8-9-10-11-12-15-22-16-13-14-17-25(22)29-23-18-20-24(21-19-23)30(26,27)28/h13-14,16-21H,2-12,15H2,1H3,(H,26,27,28). The van der Waals surface area contributed by atoms with Crippen LogP contribution in [-0.2, 0) is 16.5 Å². The van der Waals surface area contributed by atoms with Gasteiger partial charge >= 0.3 is 0 Å². The summed E-state index contributed by atoms with van der Waals surface area (Å²) in [4.78, 5) is -0.135. The number of hydrogen-bond acceptors (Lipinski definition) is 3. The molecule has 30 heavy (non-hydrogen) atoms. The lowest BCUT2D eigenvalue weighted by Crippen LogP contribution is -1.97. The average molecular weight is 433 g/mol. The molecule has 0 amide bonds. The molecule has 0 bridgehead atoms. The number of aryl methyl sites for hydroxylation is 1. The van der Waals surface area contributed by atoms with Gasteiger partial charge in [0.15, 0.2) is 0 Å². The summed E-state index contributed by atoms with van der Waals surface area (Å²) in [5, 5.41) is 0. The second-order valence-electron chi connectivity index (χ2n) is 7.94. The van der Waals surface area contributed by atoms with Crippen molar-refractivity contribution in [2.24, 2.45) is 0 Å². The quantitative estimate of drug-likeness (QED) is 0.233. The van der Waals surface area contributed by atoms with Gasteiger partial charge in [-0.1, -0.05) is 89.3 Å². The lowest BCUT2D eigenvalue weighted by Gasteiger charge is -2.11. The molecule has 0 atom stereocenters. The summed E-state index contributed by atoms with van der Waals surface area (Å²) >= 11 is 0. The monoisotopic (exact) mass is 432 g/mol. The predicted octanol–water partition coefficient (Wildman–Crippen LogP) is 7.58. The summed E-state index contributed by atoms with van der Waals surface area (Å²) in [6.07, 6.45) is 15.5. The Morgan fingerprint density at radius 2 is 1.27 bits per heavy atom.